The maximum Gasteiger partial charge on any atom is 0.332 e. The van der Waals surface area contributed by atoms with E-state index in [0.29, 0.717) is 17.6 Å². The first-order chi connectivity index (χ1) is 12.9. The predicted octanol–water partition coefficient (Wildman–Crippen LogP) is 0.918. The summed E-state index contributed by atoms with van der Waals surface area (Å²) in [5.41, 5.74) is 1.92. The second-order valence-corrected chi connectivity index (χ2v) is 6.56. The molecular formula is C19H22N4O4. The van der Waals surface area contributed by atoms with E-state index in [4.69, 9.17) is 4.74 Å². The van der Waals surface area contributed by atoms with Gasteiger partial charge in [-0.3, -0.25) is 18.7 Å². The highest BCUT2D eigenvalue weighted by Gasteiger charge is 2.14. The van der Waals surface area contributed by atoms with Crippen molar-refractivity contribution < 1.29 is 9.53 Å². The molecule has 0 saturated heterocycles. The maximum absolute atomic E-state index is 12.6. The third-order valence-electron chi connectivity index (χ3n) is 4.46. The average molecular weight is 370 g/mol. The topological polar surface area (TPSA) is 88.1 Å². The number of carbonyl (C=O) groups is 1. The summed E-state index contributed by atoms with van der Waals surface area (Å²) in [5.74, 6) is -0.332. The van der Waals surface area contributed by atoms with Gasteiger partial charge in [-0.05, 0) is 18.9 Å². The van der Waals surface area contributed by atoms with Crippen molar-refractivity contribution in [2.75, 3.05) is 6.61 Å². The molecule has 0 saturated carbocycles. The number of hydrogen-bond acceptors (Lipinski definition) is 5. The van der Waals surface area contributed by atoms with Crippen molar-refractivity contribution in [3.63, 3.8) is 0 Å². The van der Waals surface area contributed by atoms with E-state index in [-0.39, 0.29) is 31.1 Å². The summed E-state index contributed by atoms with van der Waals surface area (Å²) in [5, 5.41) is 0. The SMILES string of the molecule is Cc1ccc(CC(=O)OCCCn2c(=O)c3c(ncn3C)n(C)c2=O)cc1. The van der Waals surface area contributed by atoms with E-state index in [9.17, 15) is 14.4 Å². The zero-order chi connectivity index (χ0) is 19.6. The molecule has 0 fully saturated rings. The lowest BCUT2D eigenvalue weighted by Gasteiger charge is -2.09. The van der Waals surface area contributed by atoms with Gasteiger partial charge in [0.25, 0.3) is 5.56 Å². The number of hydrogen-bond donors (Lipinski definition) is 0. The van der Waals surface area contributed by atoms with Gasteiger partial charge in [0.1, 0.15) is 0 Å². The number of nitrogens with zero attached hydrogens (tertiary/aromatic N) is 4. The predicted molar refractivity (Wildman–Crippen MR) is 101 cm³/mol. The number of imidazole rings is 1. The van der Waals surface area contributed by atoms with Crippen LogP contribution in [0.4, 0.5) is 0 Å². The van der Waals surface area contributed by atoms with E-state index in [1.54, 1.807) is 18.7 Å². The summed E-state index contributed by atoms with van der Waals surface area (Å²) in [7, 11) is 3.29. The van der Waals surface area contributed by atoms with E-state index in [1.165, 1.54) is 10.9 Å². The number of fused-ring (bicyclic) bond motifs is 1. The summed E-state index contributed by atoms with van der Waals surface area (Å²) in [6, 6.07) is 7.67. The smallest absolute Gasteiger partial charge is 0.332 e. The number of carbonyl (C=O) groups excluding carboxylic acids is 1. The third-order valence-corrected chi connectivity index (χ3v) is 4.46. The molecule has 142 valence electrons. The summed E-state index contributed by atoms with van der Waals surface area (Å²) in [6.07, 6.45) is 2.07. The number of ether oxygens (including phenoxy) is 1. The van der Waals surface area contributed by atoms with Crippen molar-refractivity contribution in [3.8, 4) is 0 Å². The molecule has 0 aliphatic rings. The van der Waals surface area contributed by atoms with E-state index < -0.39 is 5.69 Å². The molecule has 0 amide bonds. The van der Waals surface area contributed by atoms with Gasteiger partial charge in [0.05, 0.1) is 19.4 Å². The van der Waals surface area contributed by atoms with Crippen molar-refractivity contribution in [1.29, 1.82) is 0 Å². The Morgan fingerprint density at radius 1 is 1.15 bits per heavy atom. The Morgan fingerprint density at radius 3 is 2.56 bits per heavy atom. The zero-order valence-electron chi connectivity index (χ0n) is 15.6. The molecule has 0 unspecified atom stereocenters. The largest absolute Gasteiger partial charge is 0.465 e. The lowest BCUT2D eigenvalue weighted by Crippen LogP contribution is -2.39. The van der Waals surface area contributed by atoms with E-state index in [0.717, 1.165) is 15.7 Å². The molecule has 8 heteroatoms. The Bertz CT molecular complexity index is 1090. The minimum absolute atomic E-state index is 0.143. The molecule has 0 bridgehead atoms. The maximum atomic E-state index is 12.6. The van der Waals surface area contributed by atoms with Crippen LogP contribution in [0, 0.1) is 6.92 Å². The summed E-state index contributed by atoms with van der Waals surface area (Å²) in [6.45, 7) is 2.30. The van der Waals surface area contributed by atoms with Crippen LogP contribution < -0.4 is 11.2 Å². The lowest BCUT2D eigenvalue weighted by molar-refractivity contribution is -0.143. The summed E-state index contributed by atoms with van der Waals surface area (Å²) in [4.78, 5) is 40.9. The molecule has 3 aromatic rings. The molecule has 0 aliphatic heterocycles. The molecule has 27 heavy (non-hydrogen) atoms. The van der Waals surface area contributed by atoms with Crippen molar-refractivity contribution >= 4 is 17.1 Å². The molecule has 1 aromatic carbocycles. The van der Waals surface area contributed by atoms with Gasteiger partial charge in [-0.2, -0.15) is 0 Å². The molecule has 2 heterocycles. The van der Waals surface area contributed by atoms with Crippen LogP contribution in [0.3, 0.4) is 0 Å². The van der Waals surface area contributed by atoms with Crippen LogP contribution in [0.1, 0.15) is 17.5 Å². The number of aromatic nitrogens is 4. The monoisotopic (exact) mass is 370 g/mol. The Balaban J connectivity index is 1.61. The highest BCUT2D eigenvalue weighted by atomic mass is 16.5. The quantitative estimate of drug-likeness (QED) is 0.476. The standard InChI is InChI=1S/C19H22N4O4/c1-13-5-7-14(8-6-13)11-15(24)27-10-4-9-23-18(25)16-17(20-12-21(16)2)22(3)19(23)26/h5-8,12H,4,9-11H2,1-3H3. The first-order valence-electron chi connectivity index (χ1n) is 8.70. The highest BCUT2D eigenvalue weighted by molar-refractivity contribution is 5.72. The summed E-state index contributed by atoms with van der Waals surface area (Å²) >= 11 is 0. The second kappa shape index (κ2) is 7.61. The van der Waals surface area contributed by atoms with Crippen LogP contribution in [0.15, 0.2) is 40.2 Å². The van der Waals surface area contributed by atoms with Crippen molar-refractivity contribution in [1.82, 2.24) is 18.7 Å². The molecule has 0 N–H and O–H groups in total. The molecule has 3 rings (SSSR count). The molecule has 0 aliphatic carbocycles. The van der Waals surface area contributed by atoms with Gasteiger partial charge in [-0.1, -0.05) is 29.8 Å². The van der Waals surface area contributed by atoms with Crippen LogP contribution >= 0.6 is 0 Å². The van der Waals surface area contributed by atoms with Gasteiger partial charge in [0.15, 0.2) is 11.2 Å². The van der Waals surface area contributed by atoms with Crippen LogP contribution in [-0.2, 0) is 36.6 Å². The Labute approximate surface area is 155 Å². The second-order valence-electron chi connectivity index (χ2n) is 6.56. The number of esters is 1. The molecule has 0 atom stereocenters. The zero-order valence-corrected chi connectivity index (χ0v) is 15.6. The normalized spacial score (nSPS) is 11.1. The number of aryl methyl sites for hydroxylation is 3. The molecule has 0 spiro atoms. The van der Waals surface area contributed by atoms with Crippen LogP contribution in [0.2, 0.25) is 0 Å². The molecule has 2 aromatic heterocycles. The van der Waals surface area contributed by atoms with Crippen molar-refractivity contribution in [3.05, 3.63) is 62.6 Å². The fourth-order valence-electron chi connectivity index (χ4n) is 2.93. The Morgan fingerprint density at radius 2 is 1.85 bits per heavy atom. The van der Waals surface area contributed by atoms with Crippen molar-refractivity contribution in [2.45, 2.75) is 26.3 Å². The summed E-state index contributed by atoms with van der Waals surface area (Å²) < 4.78 is 9.31. The van der Waals surface area contributed by atoms with Crippen LogP contribution in [-0.4, -0.2) is 31.3 Å². The molecule has 8 nitrogen and oxygen atoms in total. The van der Waals surface area contributed by atoms with Crippen molar-refractivity contribution in [2.24, 2.45) is 14.1 Å². The van der Waals surface area contributed by atoms with Gasteiger partial charge < -0.3 is 9.30 Å². The highest BCUT2D eigenvalue weighted by Crippen LogP contribution is 2.05. The van der Waals surface area contributed by atoms with Gasteiger partial charge >= 0.3 is 11.7 Å². The third kappa shape index (κ3) is 3.84. The Hall–Kier alpha value is -3.16. The van der Waals surface area contributed by atoms with E-state index in [2.05, 4.69) is 4.98 Å². The van der Waals surface area contributed by atoms with Crippen LogP contribution in [0.5, 0.6) is 0 Å². The van der Waals surface area contributed by atoms with E-state index in [1.807, 2.05) is 31.2 Å². The van der Waals surface area contributed by atoms with Crippen LogP contribution in [0.25, 0.3) is 11.2 Å². The number of rotatable bonds is 6. The first kappa shape index (κ1) is 18.6. The minimum Gasteiger partial charge on any atom is -0.465 e. The Kier molecular flexibility index (Phi) is 5.25. The van der Waals surface area contributed by atoms with Gasteiger partial charge in [-0.15, -0.1) is 0 Å². The minimum atomic E-state index is -0.433. The molecule has 0 radical (unpaired) electrons. The van der Waals surface area contributed by atoms with Gasteiger partial charge in [0, 0.05) is 20.6 Å². The average Bonchev–Trinajstić information content (AvgIpc) is 3.03. The first-order valence-corrected chi connectivity index (χ1v) is 8.70. The fourth-order valence-corrected chi connectivity index (χ4v) is 2.93. The number of benzene rings is 1. The fraction of sp³-hybridized carbons (Fsp3) is 0.368. The lowest BCUT2D eigenvalue weighted by atomic mass is 10.1. The van der Waals surface area contributed by atoms with Gasteiger partial charge in [-0.25, -0.2) is 9.78 Å². The molecular weight excluding hydrogens is 348 g/mol. The van der Waals surface area contributed by atoms with E-state index >= 15 is 0 Å². The van der Waals surface area contributed by atoms with Gasteiger partial charge in [0.2, 0.25) is 0 Å².